The maximum Gasteiger partial charge on any atom is 0.286 e. The van der Waals surface area contributed by atoms with Gasteiger partial charge in [-0.25, -0.2) is 9.37 Å². The fraction of sp³-hybridized carbons (Fsp3) is 0.391. The van der Waals surface area contributed by atoms with Crippen LogP contribution in [0.1, 0.15) is 51.2 Å². The summed E-state index contributed by atoms with van der Waals surface area (Å²) in [6.07, 6.45) is 1.32. The van der Waals surface area contributed by atoms with Crippen molar-refractivity contribution in [1.29, 1.82) is 0 Å². The van der Waals surface area contributed by atoms with Crippen molar-refractivity contribution in [2.75, 3.05) is 0 Å². The molecule has 0 unspecified atom stereocenters. The van der Waals surface area contributed by atoms with Gasteiger partial charge in [0.2, 0.25) is 17.6 Å². The minimum absolute atomic E-state index is 0.190. The topological polar surface area (TPSA) is 120 Å². The number of rotatable bonds is 7. The summed E-state index contributed by atoms with van der Waals surface area (Å²) in [4.78, 5) is 42.4. The van der Waals surface area contributed by atoms with Crippen molar-refractivity contribution in [1.82, 2.24) is 25.1 Å². The van der Waals surface area contributed by atoms with Crippen molar-refractivity contribution in [3.63, 3.8) is 0 Å². The molecule has 0 spiro atoms. The number of nitrogens with one attached hydrogen (secondary N) is 1. The number of amides is 1. The van der Waals surface area contributed by atoms with Gasteiger partial charge >= 0.3 is 0 Å². The predicted molar refractivity (Wildman–Crippen MR) is 118 cm³/mol. The van der Waals surface area contributed by atoms with Crippen LogP contribution >= 0.6 is 0 Å². The first kappa shape index (κ1) is 24.0. The Morgan fingerprint density at radius 2 is 1.79 bits per heavy atom. The summed E-state index contributed by atoms with van der Waals surface area (Å²) < 4.78 is 20.0. The van der Waals surface area contributed by atoms with E-state index in [4.69, 9.17) is 4.42 Å². The molecule has 9 nitrogen and oxygen atoms in total. The van der Waals surface area contributed by atoms with E-state index < -0.39 is 34.5 Å². The Kier molecular flexibility index (Phi) is 6.85. The molecule has 174 valence electrons. The maximum absolute atomic E-state index is 13.3. The van der Waals surface area contributed by atoms with Crippen molar-refractivity contribution in [2.45, 2.75) is 52.6 Å². The van der Waals surface area contributed by atoms with Gasteiger partial charge in [-0.05, 0) is 30.2 Å². The number of nitrogens with zero attached hydrogens (tertiary/aromatic N) is 4. The number of ketones is 1. The molecule has 2 aromatic heterocycles. The van der Waals surface area contributed by atoms with Crippen molar-refractivity contribution < 1.29 is 18.4 Å². The van der Waals surface area contributed by atoms with Crippen molar-refractivity contribution in [2.24, 2.45) is 5.92 Å². The van der Waals surface area contributed by atoms with Crippen LogP contribution in [0.4, 0.5) is 4.39 Å². The SMILES string of the molecule is CC(C)[C@@H](NC(=O)Cn1c(-c2ccc(F)cc2)nccc1=O)C(=O)c1nnc(C(C)(C)C)o1. The number of Topliss-reactive ketones (excluding diaryl/α,β-unsaturated/α-hetero) is 1. The Morgan fingerprint density at radius 1 is 1.12 bits per heavy atom. The summed E-state index contributed by atoms with van der Waals surface area (Å²) in [5, 5.41) is 10.4. The second-order valence-electron chi connectivity index (χ2n) is 9.02. The summed E-state index contributed by atoms with van der Waals surface area (Å²) in [5.41, 5.74) is -0.419. The van der Waals surface area contributed by atoms with Crippen LogP contribution in [0.25, 0.3) is 11.4 Å². The molecule has 0 saturated heterocycles. The quantitative estimate of drug-likeness (QED) is 0.544. The van der Waals surface area contributed by atoms with Crippen LogP contribution in [0.2, 0.25) is 0 Å². The van der Waals surface area contributed by atoms with Gasteiger partial charge in [-0.2, -0.15) is 0 Å². The molecule has 0 aliphatic rings. The molecule has 0 radical (unpaired) electrons. The van der Waals surface area contributed by atoms with Crippen LogP contribution < -0.4 is 10.9 Å². The molecule has 0 aliphatic heterocycles. The van der Waals surface area contributed by atoms with Crippen molar-refractivity contribution in [3.05, 3.63) is 64.5 Å². The Bertz CT molecular complexity index is 1210. The molecule has 1 amide bonds. The van der Waals surface area contributed by atoms with Gasteiger partial charge in [-0.15, -0.1) is 10.2 Å². The Morgan fingerprint density at radius 3 is 2.36 bits per heavy atom. The second kappa shape index (κ2) is 9.43. The molecular formula is C23H26FN5O4. The van der Waals surface area contributed by atoms with Crippen molar-refractivity contribution >= 4 is 11.7 Å². The molecule has 1 N–H and O–H groups in total. The highest BCUT2D eigenvalue weighted by atomic mass is 19.1. The zero-order valence-electron chi connectivity index (χ0n) is 19.1. The van der Waals surface area contributed by atoms with Crippen LogP contribution in [0.3, 0.4) is 0 Å². The zero-order chi connectivity index (χ0) is 24.3. The number of hydrogen-bond acceptors (Lipinski definition) is 7. The van der Waals surface area contributed by atoms with E-state index in [0.29, 0.717) is 11.5 Å². The maximum atomic E-state index is 13.3. The molecule has 1 atom stereocenters. The lowest BCUT2D eigenvalue weighted by atomic mass is 9.97. The third kappa shape index (κ3) is 5.57. The standard InChI is InChI=1S/C23H26FN5O4/c1-13(2)18(19(32)21-27-28-22(33-21)23(3,4)5)26-16(30)12-29-17(31)10-11-25-20(29)14-6-8-15(24)9-7-14/h6-11,13,18H,12H2,1-5H3,(H,26,30)/t18-/m1/s1. The first-order chi connectivity index (χ1) is 15.5. The van der Waals surface area contributed by atoms with E-state index in [1.807, 2.05) is 20.8 Å². The van der Waals surface area contributed by atoms with E-state index >= 15 is 0 Å². The fourth-order valence-corrected chi connectivity index (χ4v) is 3.07. The summed E-state index contributed by atoms with van der Waals surface area (Å²) in [6, 6.07) is 5.69. The van der Waals surface area contributed by atoms with E-state index in [1.54, 1.807) is 13.8 Å². The molecule has 0 saturated carbocycles. The van der Waals surface area contributed by atoms with Crippen LogP contribution in [0.15, 0.2) is 45.7 Å². The minimum Gasteiger partial charge on any atom is -0.418 e. The molecule has 2 heterocycles. The van der Waals surface area contributed by atoms with E-state index in [-0.39, 0.29) is 24.2 Å². The lowest BCUT2D eigenvalue weighted by molar-refractivity contribution is -0.122. The number of hydrogen-bond donors (Lipinski definition) is 1. The fourth-order valence-electron chi connectivity index (χ4n) is 3.07. The normalized spacial score (nSPS) is 12.6. The molecule has 0 aliphatic carbocycles. The highest BCUT2D eigenvalue weighted by Gasteiger charge is 2.31. The minimum atomic E-state index is -0.938. The summed E-state index contributed by atoms with van der Waals surface area (Å²) in [7, 11) is 0. The van der Waals surface area contributed by atoms with E-state index in [9.17, 15) is 18.8 Å². The molecular weight excluding hydrogens is 429 g/mol. The number of carbonyl (C=O) groups is 2. The first-order valence-electron chi connectivity index (χ1n) is 10.5. The molecule has 1 aromatic carbocycles. The highest BCUT2D eigenvalue weighted by molar-refractivity contribution is 5.98. The van der Waals surface area contributed by atoms with Gasteiger partial charge in [0.1, 0.15) is 18.2 Å². The number of benzene rings is 1. The molecule has 0 bridgehead atoms. The Balaban J connectivity index is 1.83. The molecule has 10 heteroatoms. The summed E-state index contributed by atoms with van der Waals surface area (Å²) >= 11 is 0. The van der Waals surface area contributed by atoms with Crippen molar-refractivity contribution in [3.8, 4) is 11.4 Å². The smallest absolute Gasteiger partial charge is 0.286 e. The predicted octanol–water partition coefficient (Wildman–Crippen LogP) is 2.75. The van der Waals surface area contributed by atoms with E-state index in [1.165, 1.54) is 36.5 Å². The van der Waals surface area contributed by atoms with E-state index in [0.717, 1.165) is 4.57 Å². The summed E-state index contributed by atoms with van der Waals surface area (Å²) in [6.45, 7) is 8.78. The van der Waals surface area contributed by atoms with E-state index in [2.05, 4.69) is 20.5 Å². The van der Waals surface area contributed by atoms with Gasteiger partial charge in [-0.3, -0.25) is 19.0 Å². The average molecular weight is 455 g/mol. The Hall–Kier alpha value is -3.69. The third-order valence-corrected chi connectivity index (χ3v) is 4.88. The zero-order valence-corrected chi connectivity index (χ0v) is 19.1. The highest BCUT2D eigenvalue weighted by Crippen LogP contribution is 2.21. The largest absolute Gasteiger partial charge is 0.418 e. The van der Waals surface area contributed by atoms with Gasteiger partial charge in [-0.1, -0.05) is 34.6 Å². The van der Waals surface area contributed by atoms with Crippen LogP contribution in [-0.2, 0) is 16.8 Å². The van der Waals surface area contributed by atoms with Crippen LogP contribution in [0, 0.1) is 11.7 Å². The van der Waals surface area contributed by atoms with Gasteiger partial charge in [0.05, 0.1) is 6.04 Å². The number of aromatic nitrogens is 4. The van der Waals surface area contributed by atoms with Gasteiger partial charge in [0.15, 0.2) is 0 Å². The van der Waals surface area contributed by atoms with Gasteiger partial charge < -0.3 is 9.73 Å². The van der Waals surface area contributed by atoms with Crippen LogP contribution in [0.5, 0.6) is 0 Å². The summed E-state index contributed by atoms with van der Waals surface area (Å²) in [5.74, 6) is -1.48. The molecule has 0 fully saturated rings. The molecule has 3 rings (SSSR count). The van der Waals surface area contributed by atoms with Gasteiger partial charge in [0.25, 0.3) is 11.4 Å². The van der Waals surface area contributed by atoms with Crippen LogP contribution in [-0.4, -0.2) is 37.5 Å². The third-order valence-electron chi connectivity index (χ3n) is 4.88. The second-order valence-corrected chi connectivity index (χ2v) is 9.02. The number of carbonyl (C=O) groups excluding carboxylic acids is 2. The lowest BCUT2D eigenvalue weighted by Gasteiger charge is -2.20. The lowest BCUT2D eigenvalue weighted by Crippen LogP contribution is -2.46. The average Bonchev–Trinajstić information content (AvgIpc) is 3.24. The van der Waals surface area contributed by atoms with Gasteiger partial charge in [0, 0.05) is 23.2 Å². The number of halogens is 1. The molecule has 3 aromatic rings. The molecule has 33 heavy (non-hydrogen) atoms. The first-order valence-corrected chi connectivity index (χ1v) is 10.5. The Labute approximate surface area is 190 Å². The monoisotopic (exact) mass is 455 g/mol.